The van der Waals surface area contributed by atoms with Gasteiger partial charge in [-0.15, -0.1) is 11.3 Å². The molecule has 0 spiro atoms. The fraction of sp³-hybridized carbons (Fsp3) is 0.286. The molecule has 3 rings (SSSR count). The van der Waals surface area contributed by atoms with Crippen molar-refractivity contribution in [2.45, 2.75) is 26.8 Å². The number of hydrogen-bond donors (Lipinski definition) is 3. The highest BCUT2D eigenvalue weighted by Gasteiger charge is 2.26. The molecule has 8 heteroatoms. The number of carbonyl (C=O) groups is 2. The number of rotatable bonds is 5. The first-order valence-corrected chi connectivity index (χ1v) is 10.6. The number of nitrogens with one attached hydrogen (secondary N) is 2. The Balaban J connectivity index is 1.67. The van der Waals surface area contributed by atoms with Gasteiger partial charge in [-0.1, -0.05) is 36.8 Å². The molecule has 29 heavy (non-hydrogen) atoms. The van der Waals surface area contributed by atoms with Gasteiger partial charge in [-0.05, 0) is 49.3 Å². The lowest BCUT2D eigenvalue weighted by atomic mass is 10.0. The van der Waals surface area contributed by atoms with Crippen LogP contribution in [-0.4, -0.2) is 34.9 Å². The number of anilines is 1. The Morgan fingerprint density at radius 2 is 2.03 bits per heavy atom. The minimum absolute atomic E-state index is 0.136. The number of hydrogen-bond acceptors (Lipinski definition) is 5. The molecule has 1 aromatic heterocycles. The zero-order valence-electron chi connectivity index (χ0n) is 16.5. The van der Waals surface area contributed by atoms with Gasteiger partial charge in [0.1, 0.15) is 5.00 Å². The Kier molecular flexibility index (Phi) is 6.79. The van der Waals surface area contributed by atoms with Crippen molar-refractivity contribution in [3.8, 4) is 0 Å². The SMILES string of the molecule is CCN1CCc2c(sc(NC(=S)NC(=O)C=Cc3ccc(C)cc3)c2C(N)=O)C1. The topological polar surface area (TPSA) is 87.5 Å². The lowest BCUT2D eigenvalue weighted by Crippen LogP contribution is -2.33. The Labute approximate surface area is 179 Å². The van der Waals surface area contributed by atoms with Crippen molar-refractivity contribution in [2.75, 3.05) is 18.4 Å². The molecule has 1 aromatic carbocycles. The second-order valence-electron chi connectivity index (χ2n) is 6.88. The van der Waals surface area contributed by atoms with E-state index in [-0.39, 0.29) is 11.0 Å². The summed E-state index contributed by atoms with van der Waals surface area (Å²) in [7, 11) is 0. The maximum Gasteiger partial charge on any atom is 0.251 e. The van der Waals surface area contributed by atoms with Gasteiger partial charge in [0.25, 0.3) is 5.91 Å². The van der Waals surface area contributed by atoms with Crippen molar-refractivity contribution in [1.29, 1.82) is 0 Å². The fourth-order valence-corrected chi connectivity index (χ4v) is 4.78. The predicted molar refractivity (Wildman–Crippen MR) is 122 cm³/mol. The first kappa shape index (κ1) is 21.2. The van der Waals surface area contributed by atoms with E-state index in [0.29, 0.717) is 10.6 Å². The highest BCUT2D eigenvalue weighted by molar-refractivity contribution is 7.80. The molecular formula is C21H24N4O2S2. The molecule has 0 saturated heterocycles. The number of nitrogens with zero attached hydrogens (tertiary/aromatic N) is 1. The van der Waals surface area contributed by atoms with Gasteiger partial charge in [-0.25, -0.2) is 0 Å². The number of thiophene rings is 1. The van der Waals surface area contributed by atoms with E-state index in [1.807, 2.05) is 31.2 Å². The standard InChI is InChI=1S/C21H24N4O2S2/c1-3-25-11-10-15-16(12-25)29-20(18(15)19(22)27)24-21(28)23-17(26)9-8-14-6-4-13(2)5-7-14/h4-9H,3,10-12H2,1-2H3,(H2,22,27)(H2,23,24,26,28). The van der Waals surface area contributed by atoms with Gasteiger partial charge >= 0.3 is 0 Å². The number of benzene rings is 1. The number of nitrogens with two attached hydrogens (primary N) is 1. The van der Waals surface area contributed by atoms with Gasteiger partial charge in [0.05, 0.1) is 5.56 Å². The van der Waals surface area contributed by atoms with Crippen molar-refractivity contribution >= 4 is 51.6 Å². The third-order valence-electron chi connectivity index (χ3n) is 4.80. The second-order valence-corrected chi connectivity index (χ2v) is 8.39. The number of primary amides is 1. The molecule has 1 aliphatic rings. The molecule has 0 fully saturated rings. The molecule has 0 saturated carbocycles. The molecule has 4 N–H and O–H groups in total. The number of likely N-dealkylation sites (N-methyl/N-ethyl adjacent to an activating group) is 1. The van der Waals surface area contributed by atoms with E-state index >= 15 is 0 Å². The third kappa shape index (κ3) is 5.29. The molecule has 152 valence electrons. The highest BCUT2D eigenvalue weighted by atomic mass is 32.1. The Hall–Kier alpha value is -2.55. The van der Waals surface area contributed by atoms with Crippen LogP contribution in [0.4, 0.5) is 5.00 Å². The van der Waals surface area contributed by atoms with Crippen LogP contribution in [0, 0.1) is 6.92 Å². The zero-order chi connectivity index (χ0) is 21.0. The molecule has 0 radical (unpaired) electrons. The maximum absolute atomic E-state index is 12.2. The van der Waals surface area contributed by atoms with Crippen LogP contribution in [0.5, 0.6) is 0 Å². The van der Waals surface area contributed by atoms with E-state index in [1.165, 1.54) is 17.4 Å². The van der Waals surface area contributed by atoms with Crippen molar-refractivity contribution in [3.63, 3.8) is 0 Å². The molecule has 6 nitrogen and oxygen atoms in total. The minimum atomic E-state index is -0.483. The van der Waals surface area contributed by atoms with Crippen LogP contribution < -0.4 is 16.4 Å². The lowest BCUT2D eigenvalue weighted by molar-refractivity contribution is -0.115. The quantitative estimate of drug-likeness (QED) is 0.503. The average molecular weight is 429 g/mol. The molecule has 2 amide bonds. The Bertz CT molecular complexity index is 964. The van der Waals surface area contributed by atoms with Gasteiger partial charge in [0.15, 0.2) is 5.11 Å². The number of aryl methyl sites for hydroxylation is 1. The molecule has 2 heterocycles. The van der Waals surface area contributed by atoms with Crippen molar-refractivity contribution in [1.82, 2.24) is 10.2 Å². The first-order chi connectivity index (χ1) is 13.9. The predicted octanol–water partition coefficient (Wildman–Crippen LogP) is 3.06. The summed E-state index contributed by atoms with van der Waals surface area (Å²) in [5.74, 6) is -0.828. The summed E-state index contributed by atoms with van der Waals surface area (Å²) < 4.78 is 0. The van der Waals surface area contributed by atoms with E-state index in [0.717, 1.165) is 47.6 Å². The van der Waals surface area contributed by atoms with Crippen LogP contribution in [0.1, 0.15) is 38.8 Å². The largest absolute Gasteiger partial charge is 0.365 e. The van der Waals surface area contributed by atoms with Crippen molar-refractivity contribution in [3.05, 3.63) is 57.5 Å². The Morgan fingerprint density at radius 1 is 1.31 bits per heavy atom. The number of amides is 2. The van der Waals surface area contributed by atoms with E-state index in [9.17, 15) is 9.59 Å². The molecule has 0 atom stereocenters. The molecule has 0 unspecified atom stereocenters. The molecular weight excluding hydrogens is 404 g/mol. The van der Waals surface area contributed by atoms with Crippen LogP contribution in [0.2, 0.25) is 0 Å². The van der Waals surface area contributed by atoms with Crippen LogP contribution in [0.15, 0.2) is 30.3 Å². The number of thiocarbonyl (C=S) groups is 1. The van der Waals surface area contributed by atoms with Crippen molar-refractivity contribution < 1.29 is 9.59 Å². The van der Waals surface area contributed by atoms with Gasteiger partial charge in [0.2, 0.25) is 5.91 Å². The van der Waals surface area contributed by atoms with E-state index in [4.69, 9.17) is 18.0 Å². The molecule has 0 aliphatic carbocycles. The van der Waals surface area contributed by atoms with Gasteiger partial charge < -0.3 is 11.1 Å². The van der Waals surface area contributed by atoms with Gasteiger partial charge in [-0.2, -0.15) is 0 Å². The normalized spacial score (nSPS) is 13.9. The summed E-state index contributed by atoms with van der Waals surface area (Å²) in [6.07, 6.45) is 3.92. The highest BCUT2D eigenvalue weighted by Crippen LogP contribution is 2.36. The minimum Gasteiger partial charge on any atom is -0.365 e. The average Bonchev–Trinajstić information content (AvgIpc) is 3.04. The number of fused-ring (bicyclic) bond motifs is 1. The van der Waals surface area contributed by atoms with E-state index < -0.39 is 5.91 Å². The third-order valence-corrected chi connectivity index (χ3v) is 6.13. The fourth-order valence-electron chi connectivity index (χ4n) is 3.21. The van der Waals surface area contributed by atoms with Gasteiger partial charge in [0, 0.05) is 24.0 Å². The monoisotopic (exact) mass is 428 g/mol. The van der Waals surface area contributed by atoms with Crippen LogP contribution in [-0.2, 0) is 17.8 Å². The molecule has 1 aliphatic heterocycles. The summed E-state index contributed by atoms with van der Waals surface area (Å²) in [6.45, 7) is 6.75. The Morgan fingerprint density at radius 3 is 2.69 bits per heavy atom. The molecule has 0 bridgehead atoms. The van der Waals surface area contributed by atoms with E-state index in [2.05, 4.69) is 22.5 Å². The summed E-state index contributed by atoms with van der Waals surface area (Å²) in [5.41, 5.74) is 9.17. The van der Waals surface area contributed by atoms with Crippen LogP contribution in [0.3, 0.4) is 0 Å². The molecule has 2 aromatic rings. The summed E-state index contributed by atoms with van der Waals surface area (Å²) >= 11 is 6.73. The number of carbonyl (C=O) groups excluding carboxylic acids is 2. The van der Waals surface area contributed by atoms with Crippen LogP contribution >= 0.6 is 23.6 Å². The van der Waals surface area contributed by atoms with Crippen molar-refractivity contribution in [2.24, 2.45) is 5.73 Å². The van der Waals surface area contributed by atoms with Gasteiger partial charge in [-0.3, -0.25) is 19.8 Å². The first-order valence-electron chi connectivity index (χ1n) is 9.40. The smallest absolute Gasteiger partial charge is 0.251 e. The summed E-state index contributed by atoms with van der Waals surface area (Å²) in [5, 5.41) is 6.33. The van der Waals surface area contributed by atoms with E-state index in [1.54, 1.807) is 6.08 Å². The summed E-state index contributed by atoms with van der Waals surface area (Å²) in [4.78, 5) is 27.6. The maximum atomic E-state index is 12.2. The second kappa shape index (κ2) is 9.30. The van der Waals surface area contributed by atoms with Crippen LogP contribution in [0.25, 0.3) is 6.08 Å². The lowest BCUT2D eigenvalue weighted by Gasteiger charge is -2.25. The summed E-state index contributed by atoms with van der Waals surface area (Å²) in [6, 6.07) is 7.83. The zero-order valence-corrected chi connectivity index (χ0v) is 18.1.